The molecule has 2 atom stereocenters. The fraction of sp³-hybridized carbons (Fsp3) is 0.533. The van der Waals surface area contributed by atoms with Crippen molar-refractivity contribution >= 4 is 5.91 Å². The van der Waals surface area contributed by atoms with E-state index >= 15 is 0 Å². The molecule has 3 nitrogen and oxygen atoms in total. The van der Waals surface area contributed by atoms with Gasteiger partial charge in [0.1, 0.15) is 0 Å². The highest BCUT2D eigenvalue weighted by Crippen LogP contribution is 2.24. The molecule has 2 unspecified atom stereocenters. The molecule has 1 fully saturated rings. The first-order chi connectivity index (χ1) is 8.47. The Morgan fingerprint density at radius 1 is 1.44 bits per heavy atom. The van der Waals surface area contributed by atoms with Gasteiger partial charge >= 0.3 is 0 Å². The summed E-state index contributed by atoms with van der Waals surface area (Å²) in [6, 6.07) is 6.06. The van der Waals surface area contributed by atoms with Gasteiger partial charge in [0.05, 0.1) is 12.6 Å². The third kappa shape index (κ3) is 2.72. The largest absolute Gasteiger partial charge is 0.387 e. The van der Waals surface area contributed by atoms with Gasteiger partial charge in [-0.25, -0.2) is 0 Å². The van der Waals surface area contributed by atoms with Crippen LogP contribution in [0.5, 0.6) is 0 Å². The van der Waals surface area contributed by atoms with Crippen LogP contribution in [0.15, 0.2) is 18.2 Å². The Morgan fingerprint density at radius 3 is 2.78 bits per heavy atom. The summed E-state index contributed by atoms with van der Waals surface area (Å²) in [7, 11) is 0. The van der Waals surface area contributed by atoms with Gasteiger partial charge in [-0.15, -0.1) is 0 Å². The van der Waals surface area contributed by atoms with Crippen molar-refractivity contribution in [3.63, 3.8) is 0 Å². The minimum absolute atomic E-state index is 0.159. The lowest BCUT2D eigenvalue weighted by molar-refractivity contribution is -0.129. The van der Waals surface area contributed by atoms with Crippen molar-refractivity contribution in [2.75, 3.05) is 13.1 Å². The topological polar surface area (TPSA) is 40.5 Å². The number of hydrogen-bond donors (Lipinski definition) is 1. The molecule has 0 spiro atoms. The number of amides is 1. The van der Waals surface area contributed by atoms with Crippen LogP contribution in [-0.4, -0.2) is 29.0 Å². The number of hydrogen-bond acceptors (Lipinski definition) is 2. The van der Waals surface area contributed by atoms with Crippen LogP contribution in [0.2, 0.25) is 0 Å². The summed E-state index contributed by atoms with van der Waals surface area (Å²) in [5.74, 6) is 0.565. The van der Waals surface area contributed by atoms with Crippen LogP contribution < -0.4 is 0 Å². The van der Waals surface area contributed by atoms with E-state index in [-0.39, 0.29) is 5.91 Å². The summed E-state index contributed by atoms with van der Waals surface area (Å²) in [5.41, 5.74) is 3.14. The van der Waals surface area contributed by atoms with Gasteiger partial charge in [0.15, 0.2) is 0 Å². The van der Waals surface area contributed by atoms with E-state index in [1.165, 1.54) is 0 Å². The first-order valence-corrected chi connectivity index (χ1v) is 6.50. The van der Waals surface area contributed by atoms with E-state index in [0.717, 1.165) is 23.2 Å². The Kier molecular flexibility index (Phi) is 3.71. The number of aliphatic hydroxyl groups is 1. The summed E-state index contributed by atoms with van der Waals surface area (Å²) in [4.78, 5) is 13.5. The zero-order valence-electron chi connectivity index (χ0n) is 11.3. The maximum absolute atomic E-state index is 11.7. The van der Waals surface area contributed by atoms with Gasteiger partial charge in [-0.05, 0) is 30.9 Å². The molecule has 1 amide bonds. The lowest BCUT2D eigenvalue weighted by Gasteiger charge is -2.22. The maximum Gasteiger partial charge on any atom is 0.223 e. The van der Waals surface area contributed by atoms with Crippen LogP contribution in [0.1, 0.15) is 36.1 Å². The molecule has 0 aromatic heterocycles. The Balaban J connectivity index is 2.10. The van der Waals surface area contributed by atoms with Crippen LogP contribution >= 0.6 is 0 Å². The van der Waals surface area contributed by atoms with Gasteiger partial charge in [0, 0.05) is 13.0 Å². The maximum atomic E-state index is 11.7. The first-order valence-electron chi connectivity index (χ1n) is 6.50. The second-order valence-corrected chi connectivity index (χ2v) is 5.48. The van der Waals surface area contributed by atoms with Crippen LogP contribution in [0.25, 0.3) is 0 Å². The number of carbonyl (C=O) groups is 1. The smallest absolute Gasteiger partial charge is 0.223 e. The number of carbonyl (C=O) groups excluding carboxylic acids is 1. The standard InChI is InChI=1S/C15H21NO2/c1-10-4-5-12(3)13(6-10)14(17)9-16-8-11(2)7-15(16)18/h4-6,11,14,17H,7-9H2,1-3H3. The number of nitrogens with zero attached hydrogens (tertiary/aromatic N) is 1. The average Bonchev–Trinajstić information content (AvgIpc) is 2.61. The second kappa shape index (κ2) is 5.11. The van der Waals surface area contributed by atoms with E-state index < -0.39 is 6.10 Å². The molecule has 0 aliphatic carbocycles. The SMILES string of the molecule is Cc1ccc(C)c(C(O)CN2CC(C)CC2=O)c1. The van der Waals surface area contributed by atoms with E-state index in [2.05, 4.69) is 6.92 Å². The lowest BCUT2D eigenvalue weighted by Crippen LogP contribution is -2.30. The van der Waals surface area contributed by atoms with E-state index in [9.17, 15) is 9.90 Å². The molecule has 1 aliphatic rings. The molecule has 1 N–H and O–H groups in total. The normalized spacial score (nSPS) is 21.4. The molecule has 1 aromatic carbocycles. The number of likely N-dealkylation sites (tertiary alicyclic amines) is 1. The van der Waals surface area contributed by atoms with Crippen LogP contribution in [0.3, 0.4) is 0 Å². The summed E-state index contributed by atoms with van der Waals surface area (Å²) in [6.07, 6.45) is 0.0265. The molecule has 1 heterocycles. The molecule has 1 saturated heterocycles. The monoisotopic (exact) mass is 247 g/mol. The van der Waals surface area contributed by atoms with E-state index in [0.29, 0.717) is 18.9 Å². The quantitative estimate of drug-likeness (QED) is 0.889. The van der Waals surface area contributed by atoms with Gasteiger partial charge < -0.3 is 10.0 Å². The van der Waals surface area contributed by atoms with E-state index in [4.69, 9.17) is 0 Å². The third-order valence-electron chi connectivity index (χ3n) is 3.59. The van der Waals surface area contributed by atoms with Crippen LogP contribution in [0, 0.1) is 19.8 Å². The Bertz CT molecular complexity index is 456. The van der Waals surface area contributed by atoms with Gasteiger partial charge in [-0.3, -0.25) is 4.79 Å². The fourth-order valence-corrected chi connectivity index (χ4v) is 2.57. The van der Waals surface area contributed by atoms with Crippen LogP contribution in [-0.2, 0) is 4.79 Å². The van der Waals surface area contributed by atoms with Crippen molar-refractivity contribution < 1.29 is 9.90 Å². The highest BCUT2D eigenvalue weighted by atomic mass is 16.3. The Morgan fingerprint density at radius 2 is 2.17 bits per heavy atom. The number of rotatable bonds is 3. The molecule has 0 bridgehead atoms. The number of benzene rings is 1. The fourth-order valence-electron chi connectivity index (χ4n) is 2.57. The van der Waals surface area contributed by atoms with Crippen molar-refractivity contribution in [2.24, 2.45) is 5.92 Å². The van der Waals surface area contributed by atoms with Gasteiger partial charge in [0.2, 0.25) is 5.91 Å². The zero-order valence-corrected chi connectivity index (χ0v) is 11.3. The molecule has 1 aromatic rings. The number of aliphatic hydroxyl groups excluding tert-OH is 1. The van der Waals surface area contributed by atoms with E-state index in [1.54, 1.807) is 4.90 Å². The minimum Gasteiger partial charge on any atom is -0.387 e. The van der Waals surface area contributed by atoms with Gasteiger partial charge in [-0.1, -0.05) is 30.7 Å². The van der Waals surface area contributed by atoms with Crippen molar-refractivity contribution in [2.45, 2.75) is 33.3 Å². The predicted octanol–water partition coefficient (Wildman–Crippen LogP) is 2.21. The predicted molar refractivity (Wildman–Crippen MR) is 71.2 cm³/mol. The highest BCUT2D eigenvalue weighted by Gasteiger charge is 2.28. The molecule has 2 rings (SSSR count). The summed E-state index contributed by atoms with van der Waals surface area (Å²) in [5, 5.41) is 10.3. The number of aryl methyl sites for hydroxylation is 2. The van der Waals surface area contributed by atoms with Crippen molar-refractivity contribution in [1.29, 1.82) is 0 Å². The van der Waals surface area contributed by atoms with Gasteiger partial charge in [0.25, 0.3) is 0 Å². The van der Waals surface area contributed by atoms with Crippen LogP contribution in [0.4, 0.5) is 0 Å². The molecule has 98 valence electrons. The third-order valence-corrected chi connectivity index (χ3v) is 3.59. The molecule has 1 aliphatic heterocycles. The Labute approximate surface area is 108 Å². The molecule has 0 saturated carbocycles. The molecular formula is C15H21NO2. The second-order valence-electron chi connectivity index (χ2n) is 5.48. The number of β-amino-alcohol motifs (C(OH)–C–C–N with tert-alkyl or cyclic N) is 1. The lowest BCUT2D eigenvalue weighted by atomic mass is 10.0. The first kappa shape index (κ1) is 13.1. The minimum atomic E-state index is -0.584. The Hall–Kier alpha value is -1.35. The summed E-state index contributed by atoms with van der Waals surface area (Å²) in [6.45, 7) is 7.25. The summed E-state index contributed by atoms with van der Waals surface area (Å²) < 4.78 is 0. The zero-order chi connectivity index (χ0) is 13.3. The van der Waals surface area contributed by atoms with Crippen molar-refractivity contribution in [3.05, 3.63) is 34.9 Å². The summed E-state index contributed by atoms with van der Waals surface area (Å²) >= 11 is 0. The molecule has 0 radical (unpaired) electrons. The molecular weight excluding hydrogens is 226 g/mol. The molecule has 3 heteroatoms. The van der Waals surface area contributed by atoms with Gasteiger partial charge in [-0.2, -0.15) is 0 Å². The molecule has 18 heavy (non-hydrogen) atoms. The highest BCUT2D eigenvalue weighted by molar-refractivity contribution is 5.78. The van der Waals surface area contributed by atoms with Crippen molar-refractivity contribution in [3.8, 4) is 0 Å². The van der Waals surface area contributed by atoms with E-state index in [1.807, 2.05) is 32.0 Å². The average molecular weight is 247 g/mol. The van der Waals surface area contributed by atoms with Crippen molar-refractivity contribution in [1.82, 2.24) is 4.90 Å².